The van der Waals surface area contributed by atoms with Crippen molar-refractivity contribution in [3.8, 4) is 22.8 Å². The third kappa shape index (κ3) is 4.55. The summed E-state index contributed by atoms with van der Waals surface area (Å²) < 4.78 is 11.1. The first kappa shape index (κ1) is 18.9. The molecule has 0 atom stereocenters. The molecule has 1 aliphatic heterocycles. The van der Waals surface area contributed by atoms with Crippen molar-refractivity contribution in [2.75, 3.05) is 18.5 Å². The van der Waals surface area contributed by atoms with E-state index in [2.05, 4.69) is 15.6 Å². The minimum absolute atomic E-state index is 0.0931. The largest absolute Gasteiger partial charge is 0.486 e. The Morgan fingerprint density at radius 3 is 2.59 bits per heavy atom. The van der Waals surface area contributed by atoms with Crippen LogP contribution in [0.25, 0.3) is 11.3 Å². The van der Waals surface area contributed by atoms with Crippen LogP contribution in [-0.4, -0.2) is 30.0 Å². The third-order valence-corrected chi connectivity index (χ3v) is 5.08. The molecule has 2 amide bonds. The first-order valence-electron chi connectivity index (χ1n) is 9.09. The lowest BCUT2D eigenvalue weighted by Crippen LogP contribution is -2.19. The summed E-state index contributed by atoms with van der Waals surface area (Å²) in [5, 5.41) is 7.95. The Hall–Kier alpha value is -3.39. The number of hydrogen-bond acceptors (Lipinski definition) is 6. The smallest absolute Gasteiger partial charge is 0.257 e. The average molecular weight is 409 g/mol. The van der Waals surface area contributed by atoms with E-state index in [1.165, 1.54) is 18.3 Å². The van der Waals surface area contributed by atoms with Crippen molar-refractivity contribution < 1.29 is 19.1 Å². The third-order valence-electron chi connectivity index (χ3n) is 4.32. The van der Waals surface area contributed by atoms with Crippen LogP contribution >= 0.6 is 11.3 Å². The zero-order chi connectivity index (χ0) is 20.2. The Balaban J connectivity index is 1.42. The van der Waals surface area contributed by atoms with E-state index in [0.29, 0.717) is 36.2 Å². The molecule has 2 N–H and O–H groups in total. The van der Waals surface area contributed by atoms with Gasteiger partial charge in [0.15, 0.2) is 16.6 Å². The highest BCUT2D eigenvalue weighted by molar-refractivity contribution is 7.14. The van der Waals surface area contributed by atoms with Crippen molar-refractivity contribution in [3.05, 3.63) is 59.0 Å². The second-order valence-corrected chi connectivity index (χ2v) is 7.32. The average Bonchev–Trinajstić information content (AvgIpc) is 3.20. The molecule has 0 fully saturated rings. The van der Waals surface area contributed by atoms with Gasteiger partial charge in [0.1, 0.15) is 13.2 Å². The van der Waals surface area contributed by atoms with Crippen molar-refractivity contribution in [3.63, 3.8) is 0 Å². The summed E-state index contributed by atoms with van der Waals surface area (Å²) in [6, 6.07) is 12.7. The molecule has 0 saturated heterocycles. The van der Waals surface area contributed by atoms with Gasteiger partial charge in [-0.1, -0.05) is 12.1 Å². The fraction of sp³-hybridized carbons (Fsp3) is 0.190. The van der Waals surface area contributed by atoms with Crippen molar-refractivity contribution in [2.45, 2.75) is 13.5 Å². The summed E-state index contributed by atoms with van der Waals surface area (Å²) in [7, 11) is 0. The lowest BCUT2D eigenvalue weighted by molar-refractivity contribution is -0.119. The van der Waals surface area contributed by atoms with Crippen LogP contribution in [0.15, 0.2) is 47.8 Å². The van der Waals surface area contributed by atoms with Crippen molar-refractivity contribution in [1.82, 2.24) is 10.3 Å². The number of anilines is 1. The SMILES string of the molecule is CC(=O)NCc1ccc(C(=O)Nc2nc(-c3ccc4c(c3)OCCO4)cs2)cc1. The molecule has 8 heteroatoms. The molecular formula is C21H19N3O4S. The lowest BCUT2D eigenvalue weighted by atomic mass is 10.1. The normalized spacial score (nSPS) is 12.3. The summed E-state index contributed by atoms with van der Waals surface area (Å²) >= 11 is 1.36. The molecule has 3 aromatic rings. The Kier molecular flexibility index (Phi) is 5.44. The van der Waals surface area contributed by atoms with Crippen LogP contribution in [0.1, 0.15) is 22.8 Å². The second-order valence-electron chi connectivity index (χ2n) is 6.46. The van der Waals surface area contributed by atoms with Gasteiger partial charge in [-0.25, -0.2) is 4.98 Å². The van der Waals surface area contributed by atoms with Crippen LogP contribution in [-0.2, 0) is 11.3 Å². The van der Waals surface area contributed by atoms with Gasteiger partial charge in [0.2, 0.25) is 5.91 Å². The molecule has 4 rings (SSSR count). The van der Waals surface area contributed by atoms with Crippen LogP contribution in [0.2, 0.25) is 0 Å². The first-order chi connectivity index (χ1) is 14.1. The molecule has 1 aromatic heterocycles. The number of amides is 2. The van der Waals surface area contributed by atoms with E-state index in [0.717, 1.165) is 22.6 Å². The summed E-state index contributed by atoms with van der Waals surface area (Å²) in [6.45, 7) is 2.98. The number of benzene rings is 2. The summed E-state index contributed by atoms with van der Waals surface area (Å²) in [5.41, 5.74) is 3.10. The Labute approximate surface area is 171 Å². The number of hydrogen-bond donors (Lipinski definition) is 2. The highest BCUT2D eigenvalue weighted by atomic mass is 32.1. The van der Waals surface area contributed by atoms with Crippen LogP contribution in [0.5, 0.6) is 11.5 Å². The van der Waals surface area contributed by atoms with Gasteiger partial charge in [-0.05, 0) is 35.9 Å². The number of aromatic nitrogens is 1. The predicted molar refractivity (Wildman–Crippen MR) is 110 cm³/mol. The maximum absolute atomic E-state index is 12.5. The Bertz CT molecular complexity index is 1050. The number of rotatable bonds is 5. The minimum Gasteiger partial charge on any atom is -0.486 e. The molecule has 0 saturated carbocycles. The van der Waals surface area contributed by atoms with Gasteiger partial charge >= 0.3 is 0 Å². The molecule has 0 aliphatic carbocycles. The van der Waals surface area contributed by atoms with Gasteiger partial charge in [0.25, 0.3) is 5.91 Å². The highest BCUT2D eigenvalue weighted by Crippen LogP contribution is 2.35. The van der Waals surface area contributed by atoms with Crippen molar-refractivity contribution in [1.29, 1.82) is 0 Å². The summed E-state index contributed by atoms with van der Waals surface area (Å²) in [6.07, 6.45) is 0. The van der Waals surface area contributed by atoms with E-state index in [9.17, 15) is 9.59 Å². The van der Waals surface area contributed by atoms with Gasteiger partial charge in [-0.15, -0.1) is 11.3 Å². The molecular weight excluding hydrogens is 390 g/mol. The molecule has 148 valence electrons. The lowest BCUT2D eigenvalue weighted by Gasteiger charge is -2.18. The number of carbonyl (C=O) groups is 2. The molecule has 0 spiro atoms. The van der Waals surface area contributed by atoms with Crippen LogP contribution in [0.3, 0.4) is 0 Å². The summed E-state index contributed by atoms with van der Waals surface area (Å²) in [4.78, 5) is 28.0. The van der Waals surface area contributed by atoms with E-state index >= 15 is 0 Å². The molecule has 29 heavy (non-hydrogen) atoms. The van der Waals surface area contributed by atoms with Gasteiger partial charge in [-0.3, -0.25) is 14.9 Å². The molecule has 0 bridgehead atoms. The number of thiazole rings is 1. The van der Waals surface area contributed by atoms with Crippen LogP contribution in [0, 0.1) is 0 Å². The number of nitrogens with one attached hydrogen (secondary N) is 2. The molecule has 0 unspecified atom stereocenters. The zero-order valence-corrected chi connectivity index (χ0v) is 16.5. The van der Waals surface area contributed by atoms with E-state index in [-0.39, 0.29) is 11.8 Å². The fourth-order valence-corrected chi connectivity index (χ4v) is 3.55. The second kappa shape index (κ2) is 8.32. The summed E-state index contributed by atoms with van der Waals surface area (Å²) in [5.74, 6) is 1.10. The van der Waals surface area contributed by atoms with Crippen molar-refractivity contribution >= 4 is 28.3 Å². The maximum atomic E-state index is 12.5. The van der Waals surface area contributed by atoms with E-state index < -0.39 is 0 Å². The topological polar surface area (TPSA) is 89.6 Å². The van der Waals surface area contributed by atoms with E-state index in [1.54, 1.807) is 12.1 Å². The van der Waals surface area contributed by atoms with Crippen LogP contribution < -0.4 is 20.1 Å². The van der Waals surface area contributed by atoms with Crippen LogP contribution in [0.4, 0.5) is 5.13 Å². The predicted octanol–water partition coefficient (Wildman–Crippen LogP) is 3.47. The number of fused-ring (bicyclic) bond motifs is 1. The fourth-order valence-electron chi connectivity index (χ4n) is 2.84. The number of nitrogens with zero attached hydrogens (tertiary/aromatic N) is 1. The van der Waals surface area contributed by atoms with E-state index in [4.69, 9.17) is 9.47 Å². The number of ether oxygens (including phenoxy) is 2. The molecule has 2 aromatic carbocycles. The standard InChI is InChI=1S/C21H19N3O4S/c1-13(25)22-11-14-2-4-15(5-3-14)20(26)24-21-23-17(12-29-21)16-6-7-18-19(10-16)28-9-8-27-18/h2-7,10,12H,8-9,11H2,1H3,(H,22,25)(H,23,24,26). The highest BCUT2D eigenvalue weighted by Gasteiger charge is 2.15. The number of carbonyl (C=O) groups excluding carboxylic acids is 2. The quantitative estimate of drug-likeness (QED) is 0.674. The van der Waals surface area contributed by atoms with Crippen molar-refractivity contribution in [2.24, 2.45) is 0 Å². The first-order valence-corrected chi connectivity index (χ1v) is 9.97. The van der Waals surface area contributed by atoms with Gasteiger partial charge in [0.05, 0.1) is 5.69 Å². The Morgan fingerprint density at radius 1 is 1.07 bits per heavy atom. The molecule has 1 aliphatic rings. The van der Waals surface area contributed by atoms with Gasteiger partial charge < -0.3 is 14.8 Å². The monoisotopic (exact) mass is 409 g/mol. The Morgan fingerprint density at radius 2 is 1.83 bits per heavy atom. The zero-order valence-electron chi connectivity index (χ0n) is 15.7. The maximum Gasteiger partial charge on any atom is 0.257 e. The molecule has 0 radical (unpaired) electrons. The molecule has 2 heterocycles. The van der Waals surface area contributed by atoms with E-state index in [1.807, 2.05) is 35.7 Å². The van der Waals surface area contributed by atoms with Gasteiger partial charge in [-0.2, -0.15) is 0 Å². The van der Waals surface area contributed by atoms with Gasteiger partial charge in [0, 0.05) is 30.0 Å². The molecule has 7 nitrogen and oxygen atoms in total. The minimum atomic E-state index is -0.237.